The highest BCUT2D eigenvalue weighted by atomic mass is 35.5. The number of carbonyl (C=O) groups excluding carboxylic acids is 1. The first kappa shape index (κ1) is 18.4. The van der Waals surface area contributed by atoms with E-state index >= 15 is 0 Å². The number of aromatic nitrogens is 3. The maximum Gasteiger partial charge on any atom is 0.267 e. The van der Waals surface area contributed by atoms with E-state index in [4.69, 9.17) is 11.6 Å². The summed E-state index contributed by atoms with van der Waals surface area (Å²) in [5.41, 5.74) is 4.95. The topological polar surface area (TPSA) is 79.8 Å². The maximum atomic E-state index is 12.7. The summed E-state index contributed by atoms with van der Waals surface area (Å²) < 4.78 is 1.30. The van der Waals surface area contributed by atoms with Gasteiger partial charge in [-0.15, -0.1) is 0 Å². The third kappa shape index (κ3) is 3.35. The second-order valence-electron chi connectivity index (χ2n) is 8.01. The quantitative estimate of drug-likeness (QED) is 0.694. The van der Waals surface area contributed by atoms with Gasteiger partial charge >= 0.3 is 0 Å². The molecule has 0 spiro atoms. The van der Waals surface area contributed by atoms with Crippen molar-refractivity contribution in [3.8, 4) is 0 Å². The lowest BCUT2D eigenvalue weighted by atomic mass is 9.91. The number of hydrogen-bond donors (Lipinski definition) is 2. The number of H-pyrrole nitrogens is 1. The number of benzene rings is 1. The number of para-hydroxylation sites is 1. The first-order valence-electron chi connectivity index (χ1n) is 10.3. The zero-order valence-electron chi connectivity index (χ0n) is 16.1. The summed E-state index contributed by atoms with van der Waals surface area (Å²) in [6, 6.07) is 7.43. The zero-order chi connectivity index (χ0) is 20.0. The second-order valence-corrected chi connectivity index (χ2v) is 8.42. The molecule has 29 heavy (non-hydrogen) atoms. The Morgan fingerprint density at radius 3 is 3.00 bits per heavy atom. The zero-order valence-corrected chi connectivity index (χ0v) is 16.9. The summed E-state index contributed by atoms with van der Waals surface area (Å²) in [5.74, 6) is -0.196. The number of aromatic amines is 1. The van der Waals surface area contributed by atoms with E-state index in [2.05, 4.69) is 21.5 Å². The van der Waals surface area contributed by atoms with Gasteiger partial charge in [-0.3, -0.25) is 9.59 Å². The molecule has 2 N–H and O–H groups in total. The summed E-state index contributed by atoms with van der Waals surface area (Å²) in [7, 11) is 0. The Hall–Kier alpha value is -2.60. The fourth-order valence-electron chi connectivity index (χ4n) is 4.69. The molecule has 7 heteroatoms. The summed E-state index contributed by atoms with van der Waals surface area (Å²) in [6.45, 7) is -0.0566. The molecule has 150 valence electrons. The van der Waals surface area contributed by atoms with E-state index in [1.54, 1.807) is 6.07 Å². The summed E-state index contributed by atoms with van der Waals surface area (Å²) in [4.78, 5) is 28.5. The standard InChI is InChI=1S/C22H23ClN4O2/c23-16-8-3-6-14-15-7-4-10-18(22(15)25-21(14)16)24-19(28)12-27-20(29)11-13-5-1-2-9-17(13)26-27/h3,6,8,11,18,25H,1-2,4-5,7,9-10,12H2,(H,24,28)/t18-/m1/s1. The largest absolute Gasteiger partial charge is 0.355 e. The fourth-order valence-corrected chi connectivity index (χ4v) is 4.91. The van der Waals surface area contributed by atoms with Crippen LogP contribution in [0.15, 0.2) is 29.1 Å². The highest BCUT2D eigenvalue weighted by Crippen LogP contribution is 2.36. The van der Waals surface area contributed by atoms with Crippen molar-refractivity contribution < 1.29 is 4.79 Å². The molecule has 0 radical (unpaired) electrons. The van der Waals surface area contributed by atoms with Crippen LogP contribution in [0.2, 0.25) is 5.02 Å². The fraction of sp³-hybridized carbons (Fsp3) is 0.409. The van der Waals surface area contributed by atoms with Crippen LogP contribution in [0.3, 0.4) is 0 Å². The number of nitrogens with zero attached hydrogens (tertiary/aromatic N) is 2. The van der Waals surface area contributed by atoms with Crippen LogP contribution in [0, 0.1) is 0 Å². The smallest absolute Gasteiger partial charge is 0.267 e. The van der Waals surface area contributed by atoms with Crippen molar-refractivity contribution in [3.63, 3.8) is 0 Å². The molecular formula is C22H23ClN4O2. The Morgan fingerprint density at radius 1 is 1.24 bits per heavy atom. The molecule has 5 rings (SSSR count). The Bertz CT molecular complexity index is 1160. The number of halogens is 1. The molecule has 2 heterocycles. The number of rotatable bonds is 3. The van der Waals surface area contributed by atoms with E-state index in [0.717, 1.165) is 72.8 Å². The molecule has 2 aromatic heterocycles. The van der Waals surface area contributed by atoms with Gasteiger partial charge in [-0.2, -0.15) is 5.10 Å². The molecule has 0 unspecified atom stereocenters. The number of amides is 1. The van der Waals surface area contributed by atoms with Crippen molar-refractivity contribution in [2.24, 2.45) is 0 Å². The summed E-state index contributed by atoms with van der Waals surface area (Å²) in [5, 5.41) is 9.36. The molecular weight excluding hydrogens is 388 g/mol. The highest BCUT2D eigenvalue weighted by Gasteiger charge is 2.26. The van der Waals surface area contributed by atoms with Crippen LogP contribution in [0.25, 0.3) is 10.9 Å². The first-order valence-corrected chi connectivity index (χ1v) is 10.7. The van der Waals surface area contributed by atoms with Crippen LogP contribution in [0.1, 0.15) is 54.2 Å². The van der Waals surface area contributed by atoms with Crippen LogP contribution in [0.4, 0.5) is 0 Å². The highest BCUT2D eigenvalue weighted by molar-refractivity contribution is 6.35. The lowest BCUT2D eigenvalue weighted by molar-refractivity contribution is -0.122. The van der Waals surface area contributed by atoms with E-state index in [1.807, 2.05) is 12.1 Å². The van der Waals surface area contributed by atoms with E-state index in [1.165, 1.54) is 10.2 Å². The number of carbonyl (C=O) groups is 1. The van der Waals surface area contributed by atoms with Crippen LogP contribution in [-0.4, -0.2) is 20.7 Å². The number of aryl methyl sites for hydroxylation is 3. The molecule has 0 aliphatic heterocycles. The molecule has 3 aromatic rings. The molecule has 0 saturated carbocycles. The Labute approximate surface area is 173 Å². The molecule has 0 fully saturated rings. The van der Waals surface area contributed by atoms with Crippen molar-refractivity contribution in [1.29, 1.82) is 0 Å². The lowest BCUT2D eigenvalue weighted by Crippen LogP contribution is -2.37. The van der Waals surface area contributed by atoms with Gasteiger partial charge in [-0.1, -0.05) is 23.7 Å². The van der Waals surface area contributed by atoms with Gasteiger partial charge in [0.05, 0.1) is 22.3 Å². The summed E-state index contributed by atoms with van der Waals surface area (Å²) in [6.07, 6.45) is 6.77. The van der Waals surface area contributed by atoms with E-state index in [-0.39, 0.29) is 24.1 Å². The molecule has 2 aliphatic carbocycles. The maximum absolute atomic E-state index is 12.7. The van der Waals surface area contributed by atoms with Gasteiger partial charge in [0.2, 0.25) is 5.91 Å². The molecule has 1 atom stereocenters. The summed E-state index contributed by atoms with van der Waals surface area (Å²) >= 11 is 6.35. The van der Waals surface area contributed by atoms with E-state index < -0.39 is 0 Å². The van der Waals surface area contributed by atoms with Crippen molar-refractivity contribution in [1.82, 2.24) is 20.1 Å². The van der Waals surface area contributed by atoms with Gasteiger partial charge < -0.3 is 10.3 Å². The van der Waals surface area contributed by atoms with Gasteiger partial charge in [0, 0.05) is 17.1 Å². The van der Waals surface area contributed by atoms with Crippen molar-refractivity contribution in [2.75, 3.05) is 0 Å². The monoisotopic (exact) mass is 410 g/mol. The Balaban J connectivity index is 1.38. The van der Waals surface area contributed by atoms with Gasteiger partial charge in [0.25, 0.3) is 5.56 Å². The van der Waals surface area contributed by atoms with E-state index in [9.17, 15) is 9.59 Å². The predicted molar refractivity (Wildman–Crippen MR) is 112 cm³/mol. The predicted octanol–water partition coefficient (Wildman–Crippen LogP) is 3.45. The minimum Gasteiger partial charge on any atom is -0.355 e. The molecule has 6 nitrogen and oxygen atoms in total. The Kier molecular flexibility index (Phi) is 4.66. The first-order chi connectivity index (χ1) is 14.1. The normalized spacial score (nSPS) is 18.3. The average molecular weight is 411 g/mol. The third-order valence-electron chi connectivity index (χ3n) is 6.09. The van der Waals surface area contributed by atoms with Crippen LogP contribution >= 0.6 is 11.6 Å². The van der Waals surface area contributed by atoms with Crippen molar-refractivity contribution >= 4 is 28.4 Å². The molecule has 0 bridgehead atoms. The number of fused-ring (bicyclic) bond motifs is 4. The van der Waals surface area contributed by atoms with Gasteiger partial charge in [0.1, 0.15) is 6.54 Å². The van der Waals surface area contributed by atoms with Crippen molar-refractivity contribution in [3.05, 3.63) is 62.2 Å². The molecule has 1 aromatic carbocycles. The SMILES string of the molecule is O=C(Cn1nc2c(cc1=O)CCCC2)N[C@@H]1CCCc2c1[nH]c1c(Cl)cccc21. The minimum atomic E-state index is -0.206. The second kappa shape index (κ2) is 7.34. The number of hydrogen-bond acceptors (Lipinski definition) is 3. The van der Waals surface area contributed by atoms with Gasteiger partial charge in [0.15, 0.2) is 0 Å². The third-order valence-corrected chi connectivity index (χ3v) is 6.41. The van der Waals surface area contributed by atoms with E-state index in [0.29, 0.717) is 5.02 Å². The number of nitrogens with one attached hydrogen (secondary N) is 2. The molecule has 2 aliphatic rings. The van der Waals surface area contributed by atoms with Crippen LogP contribution in [0.5, 0.6) is 0 Å². The van der Waals surface area contributed by atoms with Crippen LogP contribution < -0.4 is 10.9 Å². The lowest BCUT2D eigenvalue weighted by Gasteiger charge is -2.24. The Morgan fingerprint density at radius 2 is 2.10 bits per heavy atom. The average Bonchev–Trinajstić information content (AvgIpc) is 3.10. The van der Waals surface area contributed by atoms with Crippen LogP contribution in [-0.2, 0) is 30.6 Å². The van der Waals surface area contributed by atoms with Crippen molar-refractivity contribution in [2.45, 2.75) is 57.5 Å². The minimum absolute atomic E-state index is 0.0566. The molecule has 1 amide bonds. The van der Waals surface area contributed by atoms with Gasteiger partial charge in [-0.25, -0.2) is 4.68 Å². The molecule has 0 saturated heterocycles. The van der Waals surface area contributed by atoms with Gasteiger partial charge in [-0.05, 0) is 62.1 Å².